The molecule has 178 valence electrons. The van der Waals surface area contributed by atoms with Crippen molar-refractivity contribution in [1.29, 1.82) is 0 Å². The Morgan fingerprint density at radius 2 is 1.65 bits per heavy atom. The van der Waals surface area contributed by atoms with Gasteiger partial charge < -0.3 is 14.8 Å². The minimum absolute atomic E-state index is 0.0461. The van der Waals surface area contributed by atoms with E-state index in [2.05, 4.69) is 79.7 Å². The molecule has 1 aliphatic heterocycles. The third-order valence-corrected chi connectivity index (χ3v) is 8.08. The van der Waals surface area contributed by atoms with Gasteiger partial charge in [-0.15, -0.1) is 0 Å². The number of hydrogen-bond donors (Lipinski definition) is 1. The molecule has 3 heterocycles. The van der Waals surface area contributed by atoms with Crippen LogP contribution < -0.4 is 5.32 Å². The first-order chi connectivity index (χ1) is 16.4. The molecule has 2 fully saturated rings. The quantitative estimate of drug-likeness (QED) is 0.427. The summed E-state index contributed by atoms with van der Waals surface area (Å²) in [6.45, 7) is 11.1. The zero-order chi connectivity index (χ0) is 24.0. The molecule has 2 aromatic heterocycles. The van der Waals surface area contributed by atoms with Crippen LogP contribution in [0.25, 0.3) is 5.69 Å². The number of aromatic nitrogens is 2. The number of pyridine rings is 1. The van der Waals surface area contributed by atoms with Gasteiger partial charge in [0, 0.05) is 23.6 Å². The smallest absolute Gasteiger partial charge is 0.170 e. The van der Waals surface area contributed by atoms with Gasteiger partial charge >= 0.3 is 0 Å². The van der Waals surface area contributed by atoms with E-state index in [0.717, 1.165) is 10.8 Å². The summed E-state index contributed by atoms with van der Waals surface area (Å²) in [5, 5.41) is 4.55. The van der Waals surface area contributed by atoms with Gasteiger partial charge in [-0.25, -0.2) is 0 Å². The monoisotopic (exact) mass is 472 g/mol. The van der Waals surface area contributed by atoms with E-state index < -0.39 is 0 Å². The molecule has 0 amide bonds. The number of aryl methyl sites for hydroxylation is 4. The van der Waals surface area contributed by atoms with E-state index in [-0.39, 0.29) is 12.1 Å². The SMILES string of the molecule is Cc1cc(C)c(-n2c(C)cc([C@@H]3[C@@H](c4ccccn4)NC(=S)N3C3CCCCC3)c2C)c(C)c1. The predicted molar refractivity (Wildman–Crippen MR) is 144 cm³/mol. The summed E-state index contributed by atoms with van der Waals surface area (Å²) in [5.41, 5.74) is 10.2. The van der Waals surface area contributed by atoms with Gasteiger partial charge in [-0.3, -0.25) is 4.98 Å². The molecule has 1 N–H and O–H groups in total. The zero-order valence-corrected chi connectivity index (χ0v) is 21.9. The predicted octanol–water partition coefficient (Wildman–Crippen LogP) is 6.72. The first-order valence-electron chi connectivity index (χ1n) is 12.6. The molecule has 5 heteroatoms. The molecule has 0 radical (unpaired) electrons. The van der Waals surface area contributed by atoms with Gasteiger partial charge in [0.2, 0.25) is 0 Å². The topological polar surface area (TPSA) is 33.1 Å². The van der Waals surface area contributed by atoms with Crippen molar-refractivity contribution < 1.29 is 0 Å². The Morgan fingerprint density at radius 3 is 2.29 bits per heavy atom. The Kier molecular flexibility index (Phi) is 6.24. The third-order valence-electron chi connectivity index (χ3n) is 7.75. The standard InChI is InChI=1S/C29H36N4S/c1-18-15-19(2)27(20(3)16-18)32-21(4)17-24(22(32)5)28-26(25-13-9-10-14-30-25)31-29(34)33(28)23-11-7-6-8-12-23/h9-10,13-17,23,26,28H,6-8,11-12H2,1-5H3,(H,31,34)/t26-,28-/m1/s1. The highest BCUT2D eigenvalue weighted by Gasteiger charge is 2.44. The Hall–Kier alpha value is -2.66. The van der Waals surface area contributed by atoms with Gasteiger partial charge in [0.15, 0.2) is 5.11 Å². The lowest BCUT2D eigenvalue weighted by atomic mass is 9.90. The van der Waals surface area contributed by atoms with Gasteiger partial charge in [-0.05, 0) is 94.6 Å². The first-order valence-corrected chi connectivity index (χ1v) is 13.0. The van der Waals surface area contributed by atoms with Crippen LogP contribution in [0, 0.1) is 34.6 Å². The maximum absolute atomic E-state index is 5.99. The average Bonchev–Trinajstić information content (AvgIpc) is 3.30. The van der Waals surface area contributed by atoms with Crippen LogP contribution in [0.1, 0.15) is 83.5 Å². The van der Waals surface area contributed by atoms with Gasteiger partial charge in [0.25, 0.3) is 0 Å². The minimum Gasteiger partial charge on any atom is -0.352 e. The second-order valence-corrected chi connectivity index (χ2v) is 10.6. The fourth-order valence-electron chi connectivity index (χ4n) is 6.41. The fourth-order valence-corrected chi connectivity index (χ4v) is 6.80. The Labute approximate surface area is 209 Å². The summed E-state index contributed by atoms with van der Waals surface area (Å²) in [7, 11) is 0. The van der Waals surface area contributed by atoms with E-state index in [1.54, 1.807) is 0 Å². The number of thiocarbonyl (C=S) groups is 1. The molecule has 3 aromatic rings. The van der Waals surface area contributed by atoms with Gasteiger partial charge in [0.05, 0.1) is 23.5 Å². The van der Waals surface area contributed by atoms with Crippen molar-refractivity contribution in [2.24, 2.45) is 0 Å². The third kappa shape index (κ3) is 3.94. The van der Waals surface area contributed by atoms with Crippen LogP contribution in [0.15, 0.2) is 42.6 Å². The van der Waals surface area contributed by atoms with Crippen LogP contribution in [0.5, 0.6) is 0 Å². The highest BCUT2D eigenvalue weighted by atomic mass is 32.1. The number of nitrogens with one attached hydrogen (secondary N) is 1. The summed E-state index contributed by atoms with van der Waals surface area (Å²) in [5.74, 6) is 0. The van der Waals surface area contributed by atoms with Crippen LogP contribution in [0.2, 0.25) is 0 Å². The van der Waals surface area contributed by atoms with Gasteiger partial charge in [-0.2, -0.15) is 0 Å². The fraction of sp³-hybridized carbons (Fsp3) is 0.448. The highest BCUT2D eigenvalue weighted by molar-refractivity contribution is 7.80. The molecule has 2 atom stereocenters. The molecular formula is C29H36N4S. The molecule has 1 saturated carbocycles. The lowest BCUT2D eigenvalue weighted by molar-refractivity contribution is 0.197. The van der Waals surface area contributed by atoms with Gasteiger partial charge in [0.1, 0.15) is 0 Å². The molecule has 0 bridgehead atoms. The highest BCUT2D eigenvalue weighted by Crippen LogP contribution is 2.44. The van der Waals surface area contributed by atoms with E-state index in [9.17, 15) is 0 Å². The molecule has 0 spiro atoms. The summed E-state index contributed by atoms with van der Waals surface area (Å²) in [6.07, 6.45) is 8.21. The lowest BCUT2D eigenvalue weighted by Crippen LogP contribution is -2.40. The number of nitrogens with zero attached hydrogens (tertiary/aromatic N) is 3. The van der Waals surface area contributed by atoms with Crippen LogP contribution in [0.3, 0.4) is 0 Å². The normalized spacial score (nSPS) is 21.2. The summed E-state index contributed by atoms with van der Waals surface area (Å²) in [6, 6.07) is 13.8. The Bertz CT molecular complexity index is 1180. The zero-order valence-electron chi connectivity index (χ0n) is 21.1. The number of hydrogen-bond acceptors (Lipinski definition) is 2. The Morgan fingerprint density at radius 1 is 0.941 bits per heavy atom. The molecule has 5 rings (SSSR count). The lowest BCUT2D eigenvalue weighted by Gasteiger charge is -2.37. The summed E-state index contributed by atoms with van der Waals surface area (Å²) < 4.78 is 2.45. The van der Waals surface area contributed by atoms with E-state index >= 15 is 0 Å². The summed E-state index contributed by atoms with van der Waals surface area (Å²) >= 11 is 5.99. The molecule has 1 saturated heterocycles. The van der Waals surface area contributed by atoms with Crippen molar-refractivity contribution in [3.05, 3.63) is 81.9 Å². The number of benzene rings is 1. The second kappa shape index (κ2) is 9.18. The average molecular weight is 473 g/mol. The summed E-state index contributed by atoms with van der Waals surface area (Å²) in [4.78, 5) is 7.27. The van der Waals surface area contributed by atoms with Crippen LogP contribution in [0.4, 0.5) is 0 Å². The molecule has 34 heavy (non-hydrogen) atoms. The number of rotatable bonds is 4. The maximum atomic E-state index is 5.99. The van der Waals surface area contributed by atoms with Crippen molar-refractivity contribution in [1.82, 2.24) is 19.8 Å². The molecule has 4 nitrogen and oxygen atoms in total. The largest absolute Gasteiger partial charge is 0.352 e. The van der Waals surface area contributed by atoms with Crippen molar-refractivity contribution in [2.45, 2.75) is 84.8 Å². The maximum Gasteiger partial charge on any atom is 0.170 e. The van der Waals surface area contributed by atoms with Crippen molar-refractivity contribution in [2.75, 3.05) is 0 Å². The Balaban J connectivity index is 1.66. The second-order valence-electron chi connectivity index (χ2n) is 10.2. The van der Waals surface area contributed by atoms with E-state index in [1.807, 2.05) is 12.3 Å². The van der Waals surface area contributed by atoms with Crippen molar-refractivity contribution >= 4 is 17.3 Å². The molecule has 1 aromatic carbocycles. The van der Waals surface area contributed by atoms with Crippen molar-refractivity contribution in [3.8, 4) is 5.69 Å². The molecule has 2 aliphatic rings. The molecule has 0 unspecified atom stereocenters. The molecular weight excluding hydrogens is 436 g/mol. The van der Waals surface area contributed by atoms with E-state index in [4.69, 9.17) is 17.2 Å². The molecule has 1 aliphatic carbocycles. The first kappa shape index (κ1) is 23.1. The van der Waals surface area contributed by atoms with Crippen LogP contribution in [-0.4, -0.2) is 25.6 Å². The minimum atomic E-state index is 0.0461. The van der Waals surface area contributed by atoms with Crippen LogP contribution >= 0.6 is 12.2 Å². The van der Waals surface area contributed by atoms with Crippen LogP contribution in [-0.2, 0) is 0 Å². The van der Waals surface area contributed by atoms with E-state index in [0.29, 0.717) is 6.04 Å². The van der Waals surface area contributed by atoms with Crippen molar-refractivity contribution in [3.63, 3.8) is 0 Å². The van der Waals surface area contributed by atoms with Gasteiger partial charge in [-0.1, -0.05) is 43.0 Å². The van der Waals surface area contributed by atoms with E-state index in [1.165, 1.54) is 71.4 Å².